The van der Waals surface area contributed by atoms with Gasteiger partial charge in [-0.05, 0) is 20.0 Å². The number of thiazole rings is 2. The van der Waals surface area contributed by atoms with Crippen molar-refractivity contribution in [2.45, 2.75) is 13.5 Å². The zero-order valence-corrected chi connectivity index (χ0v) is 19.5. The Bertz CT molecular complexity index is 1180. The second-order valence-corrected chi connectivity index (χ2v) is 9.56. The third-order valence-electron chi connectivity index (χ3n) is 5.25. The number of ether oxygens (including phenoxy) is 1. The minimum Gasteiger partial charge on any atom is -0.503 e. The van der Waals surface area contributed by atoms with Crippen molar-refractivity contribution in [2.75, 3.05) is 39.8 Å². The van der Waals surface area contributed by atoms with E-state index < -0.39 is 23.2 Å². The van der Waals surface area contributed by atoms with E-state index in [1.165, 1.54) is 11.3 Å². The number of amides is 1. The second kappa shape index (κ2) is 9.75. The molecule has 0 spiro atoms. The molecule has 0 radical (unpaired) electrons. The molecule has 1 N–H and O–H groups in total. The minimum atomic E-state index is -1.65. The van der Waals surface area contributed by atoms with Crippen molar-refractivity contribution in [3.8, 4) is 26.9 Å². The van der Waals surface area contributed by atoms with Crippen LogP contribution < -0.4 is 0 Å². The number of benzene rings is 1. The number of hydrogen-bond donors (Lipinski definition) is 1. The number of aromatic hydroxyl groups is 1. The first kappa shape index (κ1) is 23.6. The lowest BCUT2D eigenvalue weighted by molar-refractivity contribution is -0.138. The normalized spacial score (nSPS) is 14.8. The van der Waals surface area contributed by atoms with Gasteiger partial charge in [-0.15, -0.1) is 22.7 Å². The first-order chi connectivity index (χ1) is 15.7. The molecule has 0 aliphatic carbocycles. The van der Waals surface area contributed by atoms with Crippen LogP contribution in [0.25, 0.3) is 21.1 Å². The van der Waals surface area contributed by atoms with Crippen LogP contribution in [0.1, 0.15) is 10.7 Å². The summed E-state index contributed by atoms with van der Waals surface area (Å²) in [6, 6.07) is 0.715. The molecular formula is C21H21F3N4O3S2. The van der Waals surface area contributed by atoms with Crippen molar-refractivity contribution in [2.24, 2.45) is 0 Å². The predicted molar refractivity (Wildman–Crippen MR) is 119 cm³/mol. The first-order valence-corrected chi connectivity index (χ1v) is 11.8. The van der Waals surface area contributed by atoms with Crippen molar-refractivity contribution in [3.63, 3.8) is 0 Å². The second-order valence-electron chi connectivity index (χ2n) is 7.62. The molecule has 4 rings (SSSR count). The number of carbonyl (C=O) groups excluding carboxylic acids is 1. The number of halogens is 3. The molecule has 0 saturated carbocycles. The predicted octanol–water partition coefficient (Wildman–Crippen LogP) is 3.66. The third kappa shape index (κ3) is 5.03. The Kier molecular flexibility index (Phi) is 6.98. The summed E-state index contributed by atoms with van der Waals surface area (Å²) in [5.41, 5.74) is 0.787. The van der Waals surface area contributed by atoms with Crippen LogP contribution in [0.2, 0.25) is 0 Å². The van der Waals surface area contributed by atoms with Gasteiger partial charge in [0, 0.05) is 31.6 Å². The zero-order chi connectivity index (χ0) is 23.7. The van der Waals surface area contributed by atoms with Crippen LogP contribution in [0.4, 0.5) is 13.2 Å². The van der Waals surface area contributed by atoms with E-state index in [0.29, 0.717) is 40.4 Å². The highest BCUT2D eigenvalue weighted by molar-refractivity contribution is 7.16. The van der Waals surface area contributed by atoms with E-state index in [0.717, 1.165) is 24.4 Å². The van der Waals surface area contributed by atoms with Gasteiger partial charge in [0.25, 0.3) is 0 Å². The SMILES string of the molecule is Cc1nc(COCC(=O)N2CCN(C)CC2)sc1-c1csc(-c2cc(F)c(O)c(F)c2F)n1. The molecule has 1 fully saturated rings. The molecule has 3 heterocycles. The Labute approximate surface area is 196 Å². The fraction of sp³-hybridized carbons (Fsp3) is 0.381. The number of likely N-dealkylation sites (N-methyl/N-ethyl adjacent to an activating group) is 1. The molecule has 176 valence electrons. The minimum absolute atomic E-state index is 0.0320. The Morgan fingerprint density at radius 2 is 1.91 bits per heavy atom. The van der Waals surface area contributed by atoms with Gasteiger partial charge in [-0.25, -0.2) is 18.7 Å². The summed E-state index contributed by atoms with van der Waals surface area (Å²) >= 11 is 2.33. The molecule has 1 saturated heterocycles. The fourth-order valence-electron chi connectivity index (χ4n) is 3.37. The van der Waals surface area contributed by atoms with Crippen molar-refractivity contribution in [3.05, 3.63) is 39.6 Å². The molecule has 1 aromatic carbocycles. The third-order valence-corrected chi connectivity index (χ3v) is 7.28. The maximum Gasteiger partial charge on any atom is 0.248 e. The highest BCUT2D eigenvalue weighted by atomic mass is 32.1. The maximum absolute atomic E-state index is 14.2. The molecule has 1 aliphatic rings. The van der Waals surface area contributed by atoms with Gasteiger partial charge in [-0.1, -0.05) is 0 Å². The van der Waals surface area contributed by atoms with Crippen molar-refractivity contribution < 1.29 is 27.8 Å². The molecule has 1 amide bonds. The van der Waals surface area contributed by atoms with Gasteiger partial charge < -0.3 is 19.6 Å². The van der Waals surface area contributed by atoms with Gasteiger partial charge in [-0.3, -0.25) is 4.79 Å². The zero-order valence-electron chi connectivity index (χ0n) is 17.9. The number of phenolic OH excluding ortho intramolecular Hbond substituents is 1. The van der Waals surface area contributed by atoms with Crippen LogP contribution in [-0.4, -0.2) is 70.6 Å². The number of nitrogens with zero attached hydrogens (tertiary/aromatic N) is 4. The molecule has 0 atom stereocenters. The lowest BCUT2D eigenvalue weighted by Crippen LogP contribution is -2.48. The molecule has 33 heavy (non-hydrogen) atoms. The smallest absolute Gasteiger partial charge is 0.248 e. The summed E-state index contributed by atoms with van der Waals surface area (Å²) in [5.74, 6) is -5.70. The van der Waals surface area contributed by atoms with Gasteiger partial charge in [-0.2, -0.15) is 4.39 Å². The largest absolute Gasteiger partial charge is 0.503 e. The van der Waals surface area contributed by atoms with Gasteiger partial charge in [0.05, 0.1) is 28.4 Å². The van der Waals surface area contributed by atoms with E-state index in [1.807, 2.05) is 7.05 Å². The molecule has 1 aliphatic heterocycles. The number of piperazine rings is 1. The van der Waals surface area contributed by atoms with Crippen LogP contribution in [0, 0.1) is 24.4 Å². The number of phenols is 1. The van der Waals surface area contributed by atoms with Crippen LogP contribution in [0.15, 0.2) is 11.4 Å². The summed E-state index contributed by atoms with van der Waals surface area (Å²) in [6.07, 6.45) is 0. The standard InChI is InChI=1S/C21H21F3N4O3S2/c1-11-20(14-10-32-21(26-14)12-7-13(22)19(30)18(24)17(12)23)33-15(25-11)8-31-9-16(29)28-5-3-27(2)4-6-28/h7,10,30H,3-6,8-9H2,1-2H3. The number of rotatable bonds is 6. The van der Waals surface area contributed by atoms with E-state index in [4.69, 9.17) is 4.74 Å². The summed E-state index contributed by atoms with van der Waals surface area (Å²) in [7, 11) is 2.02. The van der Waals surface area contributed by atoms with Crippen molar-refractivity contribution in [1.29, 1.82) is 0 Å². The van der Waals surface area contributed by atoms with Crippen LogP contribution in [0.3, 0.4) is 0 Å². The molecule has 0 bridgehead atoms. The lowest BCUT2D eigenvalue weighted by atomic mass is 10.2. The highest BCUT2D eigenvalue weighted by Crippen LogP contribution is 2.37. The van der Waals surface area contributed by atoms with Crippen LogP contribution in [0.5, 0.6) is 5.75 Å². The molecule has 3 aromatic rings. The van der Waals surface area contributed by atoms with E-state index in [9.17, 15) is 23.1 Å². The molecule has 7 nitrogen and oxygen atoms in total. The van der Waals surface area contributed by atoms with Gasteiger partial charge in [0.15, 0.2) is 17.4 Å². The maximum atomic E-state index is 14.2. The van der Waals surface area contributed by atoms with Crippen molar-refractivity contribution >= 4 is 28.6 Å². The topological polar surface area (TPSA) is 78.8 Å². The Morgan fingerprint density at radius 3 is 2.64 bits per heavy atom. The van der Waals surface area contributed by atoms with E-state index >= 15 is 0 Å². The molecule has 2 aromatic heterocycles. The average Bonchev–Trinajstić information content (AvgIpc) is 3.41. The van der Waals surface area contributed by atoms with Gasteiger partial charge in [0.2, 0.25) is 11.7 Å². The summed E-state index contributed by atoms with van der Waals surface area (Å²) in [6.45, 7) is 4.94. The highest BCUT2D eigenvalue weighted by Gasteiger charge is 2.23. The number of aromatic nitrogens is 2. The van der Waals surface area contributed by atoms with E-state index in [1.54, 1.807) is 17.2 Å². The van der Waals surface area contributed by atoms with Gasteiger partial charge >= 0.3 is 0 Å². The quantitative estimate of drug-likeness (QED) is 0.523. The summed E-state index contributed by atoms with van der Waals surface area (Å²) in [4.78, 5) is 25.7. The molecular weight excluding hydrogens is 477 g/mol. The van der Waals surface area contributed by atoms with Crippen LogP contribution >= 0.6 is 22.7 Å². The Balaban J connectivity index is 1.42. The lowest BCUT2D eigenvalue weighted by Gasteiger charge is -2.32. The average molecular weight is 499 g/mol. The van der Waals surface area contributed by atoms with E-state index in [-0.39, 0.29) is 29.7 Å². The number of aryl methyl sites for hydroxylation is 1. The summed E-state index contributed by atoms with van der Waals surface area (Å²) < 4.78 is 47.1. The number of hydrogen-bond acceptors (Lipinski definition) is 8. The molecule has 12 heteroatoms. The van der Waals surface area contributed by atoms with E-state index in [2.05, 4.69) is 14.9 Å². The van der Waals surface area contributed by atoms with Crippen molar-refractivity contribution in [1.82, 2.24) is 19.8 Å². The molecule has 0 unspecified atom stereocenters. The Morgan fingerprint density at radius 1 is 1.18 bits per heavy atom. The Hall–Kier alpha value is -2.54. The summed E-state index contributed by atoms with van der Waals surface area (Å²) in [5, 5.41) is 11.6. The van der Waals surface area contributed by atoms with Gasteiger partial charge in [0.1, 0.15) is 16.6 Å². The monoisotopic (exact) mass is 498 g/mol. The van der Waals surface area contributed by atoms with Crippen LogP contribution in [-0.2, 0) is 16.1 Å². The fourth-order valence-corrected chi connectivity index (χ4v) is 5.23. The number of carbonyl (C=O) groups is 1. The first-order valence-electron chi connectivity index (χ1n) is 10.1.